The molecule has 0 saturated carbocycles. The number of aliphatic hydroxyl groups excluding tert-OH is 2. The van der Waals surface area contributed by atoms with Gasteiger partial charge in [0.05, 0.1) is 17.6 Å². The molecule has 0 saturated heterocycles. The second-order valence-corrected chi connectivity index (χ2v) is 10.0. The van der Waals surface area contributed by atoms with Crippen LogP contribution in [0.3, 0.4) is 0 Å². The average Bonchev–Trinajstić information content (AvgIpc) is 1.87. The minimum absolute atomic E-state index is 0.662. The van der Waals surface area contributed by atoms with Crippen molar-refractivity contribution in [2.45, 2.75) is 30.6 Å². The first-order valence-electron chi connectivity index (χ1n) is 3.67. The summed E-state index contributed by atoms with van der Waals surface area (Å²) in [5, 5.41) is 34.9. The maximum Gasteiger partial charge on any atom is 0.131 e. The van der Waals surface area contributed by atoms with Gasteiger partial charge in [0.25, 0.3) is 0 Å². The number of hydrogen-bond donors (Lipinski definition) is 4. The minimum Gasteiger partial charge on any atom is -0.372 e. The Morgan fingerprint density at radius 3 is 1.36 bits per heavy atom. The Balaban J connectivity index is 3.66. The largest absolute Gasteiger partial charge is 0.372 e. The second kappa shape index (κ2) is 5.01. The zero-order chi connectivity index (χ0) is 9.02. The molecule has 0 rings (SSSR count). The molecule has 4 N–H and O–H groups in total. The molecule has 4 nitrogen and oxygen atoms in total. The average molecular weight is 196 g/mol. The smallest absolute Gasteiger partial charge is 0.131 e. The Morgan fingerprint density at radius 1 is 0.909 bits per heavy atom. The van der Waals surface area contributed by atoms with Crippen molar-refractivity contribution in [2.24, 2.45) is 0 Å². The van der Waals surface area contributed by atoms with Gasteiger partial charge in [-0.3, -0.25) is 0 Å². The van der Waals surface area contributed by atoms with Crippen molar-refractivity contribution < 1.29 is 20.4 Å². The van der Waals surface area contributed by atoms with Gasteiger partial charge < -0.3 is 20.4 Å². The molecule has 11 heavy (non-hydrogen) atoms. The fourth-order valence-corrected chi connectivity index (χ4v) is 7.47. The number of hydrogen-bond acceptors (Lipinski definition) is 4. The first-order chi connectivity index (χ1) is 4.95. The van der Waals surface area contributed by atoms with Crippen LogP contribution in [-0.2, 0) is 0 Å². The molecule has 0 aliphatic rings. The SMILES string of the molecule is C[SiH](C[SiH](C)C(O)O)C(O)O. The molecule has 0 aromatic carbocycles. The van der Waals surface area contributed by atoms with Crippen LogP contribution in [0.2, 0.25) is 18.8 Å². The summed E-state index contributed by atoms with van der Waals surface area (Å²) in [7, 11) is -3.07. The highest BCUT2D eigenvalue weighted by Crippen LogP contribution is 2.02. The number of rotatable bonds is 4. The van der Waals surface area contributed by atoms with Crippen LogP contribution in [0.4, 0.5) is 0 Å². The summed E-state index contributed by atoms with van der Waals surface area (Å²) < 4.78 is 0. The van der Waals surface area contributed by atoms with E-state index in [9.17, 15) is 0 Å². The molecule has 0 fully saturated rings. The van der Waals surface area contributed by atoms with Gasteiger partial charge in [0, 0.05) is 0 Å². The third kappa shape index (κ3) is 4.67. The van der Waals surface area contributed by atoms with Crippen molar-refractivity contribution in [3.05, 3.63) is 0 Å². The van der Waals surface area contributed by atoms with E-state index in [2.05, 4.69) is 0 Å². The maximum atomic E-state index is 8.73. The molecule has 0 aliphatic carbocycles. The van der Waals surface area contributed by atoms with Gasteiger partial charge in [-0.25, -0.2) is 0 Å². The van der Waals surface area contributed by atoms with Crippen molar-refractivity contribution in [1.82, 2.24) is 0 Å². The molecule has 0 aliphatic heterocycles. The minimum atomic E-state index is -1.54. The highest BCUT2D eigenvalue weighted by atomic mass is 28.3. The van der Waals surface area contributed by atoms with Crippen LogP contribution < -0.4 is 0 Å². The van der Waals surface area contributed by atoms with Crippen molar-refractivity contribution >= 4 is 17.6 Å². The Hall–Kier alpha value is 0.274. The predicted molar refractivity (Wildman–Crippen MR) is 47.3 cm³/mol. The third-order valence-corrected chi connectivity index (χ3v) is 9.75. The summed E-state index contributed by atoms with van der Waals surface area (Å²) in [4.78, 5) is 0. The summed E-state index contributed by atoms with van der Waals surface area (Å²) in [6, 6.07) is 0. The predicted octanol–water partition coefficient (Wildman–Crippen LogP) is -2.06. The van der Waals surface area contributed by atoms with E-state index in [0.717, 1.165) is 0 Å². The van der Waals surface area contributed by atoms with Gasteiger partial charge in [-0.15, -0.1) is 0 Å². The summed E-state index contributed by atoms with van der Waals surface area (Å²) in [6.07, 6.45) is 0. The van der Waals surface area contributed by atoms with Crippen LogP contribution >= 0.6 is 0 Å². The molecule has 0 bridgehead atoms. The van der Waals surface area contributed by atoms with Crippen LogP contribution in [0.25, 0.3) is 0 Å². The van der Waals surface area contributed by atoms with E-state index in [1.54, 1.807) is 0 Å². The number of aliphatic hydroxyl groups is 4. The molecule has 6 heteroatoms. The van der Waals surface area contributed by atoms with E-state index in [4.69, 9.17) is 20.4 Å². The lowest BCUT2D eigenvalue weighted by Crippen LogP contribution is -2.37. The van der Waals surface area contributed by atoms with Gasteiger partial charge in [0.15, 0.2) is 0 Å². The van der Waals surface area contributed by atoms with Crippen LogP contribution in [0, 0.1) is 0 Å². The zero-order valence-electron chi connectivity index (χ0n) is 6.81. The second-order valence-electron chi connectivity index (χ2n) is 3.02. The molecule has 0 aromatic heterocycles. The van der Waals surface area contributed by atoms with E-state index in [0.29, 0.717) is 5.67 Å². The van der Waals surface area contributed by atoms with Gasteiger partial charge in [0.1, 0.15) is 11.8 Å². The summed E-state index contributed by atoms with van der Waals surface area (Å²) >= 11 is 0. The van der Waals surface area contributed by atoms with Crippen molar-refractivity contribution in [3.63, 3.8) is 0 Å². The first-order valence-corrected chi connectivity index (χ1v) is 8.95. The molecular weight excluding hydrogens is 180 g/mol. The molecule has 0 aromatic rings. The Bertz CT molecular complexity index is 96.7. The fourth-order valence-electron chi connectivity index (χ4n) is 0.830. The van der Waals surface area contributed by atoms with Crippen LogP contribution in [0.15, 0.2) is 0 Å². The third-order valence-electron chi connectivity index (χ3n) is 1.76. The lowest BCUT2D eigenvalue weighted by atomic mass is 11.5. The molecule has 0 amide bonds. The van der Waals surface area contributed by atoms with Gasteiger partial charge >= 0.3 is 0 Å². The summed E-state index contributed by atoms with van der Waals surface area (Å²) in [5.41, 5.74) is 0.662. The van der Waals surface area contributed by atoms with E-state index >= 15 is 0 Å². The normalized spacial score (nSPS) is 17.5. The topological polar surface area (TPSA) is 80.9 Å². The van der Waals surface area contributed by atoms with E-state index in [1.807, 2.05) is 13.1 Å². The van der Waals surface area contributed by atoms with E-state index in [-0.39, 0.29) is 0 Å². The van der Waals surface area contributed by atoms with Gasteiger partial charge in [-0.05, 0) is 0 Å². The lowest BCUT2D eigenvalue weighted by Gasteiger charge is -2.17. The summed E-state index contributed by atoms with van der Waals surface area (Å²) in [6.45, 7) is 3.63. The van der Waals surface area contributed by atoms with Crippen molar-refractivity contribution in [2.75, 3.05) is 0 Å². The van der Waals surface area contributed by atoms with E-state index in [1.165, 1.54) is 0 Å². The van der Waals surface area contributed by atoms with Gasteiger partial charge in [-0.2, -0.15) is 0 Å². The highest BCUT2D eigenvalue weighted by molar-refractivity contribution is 6.76. The monoisotopic (exact) mass is 196 g/mol. The Kier molecular flexibility index (Phi) is 5.14. The van der Waals surface area contributed by atoms with Crippen LogP contribution in [0.1, 0.15) is 0 Å². The van der Waals surface area contributed by atoms with Crippen molar-refractivity contribution in [1.29, 1.82) is 0 Å². The van der Waals surface area contributed by atoms with E-state index < -0.39 is 29.4 Å². The van der Waals surface area contributed by atoms with Gasteiger partial charge in [-0.1, -0.05) is 18.8 Å². The molecule has 2 atom stereocenters. The molecule has 68 valence electrons. The molecule has 0 spiro atoms. The molecule has 0 radical (unpaired) electrons. The fraction of sp³-hybridized carbons (Fsp3) is 1.00. The molecular formula is C5H16O4Si2. The van der Waals surface area contributed by atoms with Crippen LogP contribution in [0.5, 0.6) is 0 Å². The Labute approximate surface area is 69.3 Å². The lowest BCUT2D eigenvalue weighted by molar-refractivity contribution is 0.0229. The van der Waals surface area contributed by atoms with Crippen LogP contribution in [-0.4, -0.2) is 49.8 Å². The Morgan fingerprint density at radius 2 is 1.18 bits per heavy atom. The highest BCUT2D eigenvalue weighted by Gasteiger charge is 2.21. The summed E-state index contributed by atoms with van der Waals surface area (Å²) in [5.74, 6) is -2.41. The van der Waals surface area contributed by atoms with Crippen molar-refractivity contribution in [3.8, 4) is 0 Å². The standard InChI is InChI=1S/C5H16O4Si2/c1-10(4(6)7)3-11(2)5(8)9/h4-11H,3H2,1-2H3. The molecule has 2 unspecified atom stereocenters. The maximum absolute atomic E-state index is 8.73. The first kappa shape index (κ1) is 11.3. The quantitative estimate of drug-likeness (QED) is 0.308. The van der Waals surface area contributed by atoms with Gasteiger partial charge in [0.2, 0.25) is 0 Å². The molecule has 0 heterocycles. The zero-order valence-corrected chi connectivity index (χ0v) is 9.11.